The molecule has 1 heterocycles. The van der Waals surface area contributed by atoms with Gasteiger partial charge in [-0.25, -0.2) is 0 Å². The molecular formula is C22H18N2O4S. The van der Waals surface area contributed by atoms with E-state index in [1.165, 1.54) is 13.2 Å². The fourth-order valence-electron chi connectivity index (χ4n) is 3.14. The van der Waals surface area contributed by atoms with Gasteiger partial charge in [-0.2, -0.15) is 17.9 Å². The summed E-state index contributed by atoms with van der Waals surface area (Å²) in [6.07, 6.45) is 0. The first-order valence-electron chi connectivity index (χ1n) is 8.94. The number of fused-ring (bicyclic) bond motifs is 1. The van der Waals surface area contributed by atoms with Gasteiger partial charge in [-0.05, 0) is 30.3 Å². The second-order valence-corrected chi connectivity index (χ2v) is 8.26. The number of ketones is 1. The summed E-state index contributed by atoms with van der Waals surface area (Å²) in [6.45, 7) is -0.390. The van der Waals surface area contributed by atoms with Crippen molar-refractivity contribution in [2.24, 2.45) is 5.10 Å². The first-order chi connectivity index (χ1) is 14.0. The molecule has 0 atom stereocenters. The van der Waals surface area contributed by atoms with Crippen LogP contribution in [-0.2, 0) is 10.0 Å². The molecule has 6 nitrogen and oxygen atoms in total. The van der Waals surface area contributed by atoms with Crippen LogP contribution in [0.4, 0.5) is 0 Å². The van der Waals surface area contributed by atoms with Crippen molar-refractivity contribution in [2.75, 3.05) is 13.7 Å². The third-order valence-electron chi connectivity index (χ3n) is 4.65. The van der Waals surface area contributed by atoms with Crippen LogP contribution in [0.1, 0.15) is 21.5 Å². The lowest BCUT2D eigenvalue weighted by molar-refractivity contribution is 0.0967. The number of Topliss-reactive ketones (excluding diaryl/α,β-unsaturated/α-hetero) is 1. The molecule has 1 aliphatic rings. The Bertz CT molecular complexity index is 1190. The van der Waals surface area contributed by atoms with Gasteiger partial charge in [0, 0.05) is 16.7 Å². The predicted molar refractivity (Wildman–Crippen MR) is 110 cm³/mol. The third kappa shape index (κ3) is 3.52. The summed E-state index contributed by atoms with van der Waals surface area (Å²) in [5, 5.41) is 4.36. The Balaban J connectivity index is 1.75. The summed E-state index contributed by atoms with van der Waals surface area (Å²) in [7, 11) is -2.40. The van der Waals surface area contributed by atoms with Crippen LogP contribution in [0.3, 0.4) is 0 Å². The molecule has 0 aromatic heterocycles. The topological polar surface area (TPSA) is 76.0 Å². The highest BCUT2D eigenvalue weighted by atomic mass is 32.2. The molecule has 29 heavy (non-hydrogen) atoms. The van der Waals surface area contributed by atoms with Gasteiger partial charge in [0.05, 0.1) is 12.0 Å². The smallest absolute Gasteiger partial charge is 0.280 e. The zero-order valence-corrected chi connectivity index (χ0v) is 16.5. The van der Waals surface area contributed by atoms with Gasteiger partial charge in [0.2, 0.25) is 0 Å². The van der Waals surface area contributed by atoms with Gasteiger partial charge in [0.15, 0.2) is 5.78 Å². The maximum Gasteiger partial charge on any atom is 0.280 e. The summed E-state index contributed by atoms with van der Waals surface area (Å²) in [4.78, 5) is 12.9. The number of hydrogen-bond acceptors (Lipinski definition) is 5. The molecule has 0 spiro atoms. The number of carbonyl (C=O) groups excluding carboxylic acids is 1. The molecule has 4 rings (SSSR count). The van der Waals surface area contributed by atoms with Crippen molar-refractivity contribution in [3.8, 4) is 5.75 Å². The molecule has 0 radical (unpaired) electrons. The summed E-state index contributed by atoms with van der Waals surface area (Å²) < 4.78 is 32.2. The number of benzene rings is 3. The summed E-state index contributed by atoms with van der Waals surface area (Å²) >= 11 is 0. The van der Waals surface area contributed by atoms with E-state index in [4.69, 9.17) is 4.74 Å². The van der Waals surface area contributed by atoms with Crippen LogP contribution < -0.4 is 4.74 Å². The van der Waals surface area contributed by atoms with Crippen molar-refractivity contribution in [1.82, 2.24) is 4.41 Å². The van der Waals surface area contributed by atoms with E-state index in [-0.39, 0.29) is 17.2 Å². The average Bonchev–Trinajstić information content (AvgIpc) is 2.76. The number of methoxy groups -OCH3 is 1. The summed E-state index contributed by atoms with van der Waals surface area (Å²) in [6, 6.07) is 22.5. The van der Waals surface area contributed by atoms with Crippen LogP contribution in [-0.4, -0.2) is 38.0 Å². The van der Waals surface area contributed by atoms with E-state index in [0.29, 0.717) is 22.6 Å². The van der Waals surface area contributed by atoms with Crippen molar-refractivity contribution in [3.63, 3.8) is 0 Å². The van der Waals surface area contributed by atoms with E-state index in [2.05, 4.69) is 5.10 Å². The second kappa shape index (κ2) is 7.52. The van der Waals surface area contributed by atoms with Gasteiger partial charge >= 0.3 is 0 Å². The molecule has 0 bridgehead atoms. The van der Waals surface area contributed by atoms with Gasteiger partial charge in [0.1, 0.15) is 18.0 Å². The summed E-state index contributed by atoms with van der Waals surface area (Å²) in [5.41, 5.74) is 2.19. The van der Waals surface area contributed by atoms with Gasteiger partial charge < -0.3 is 4.74 Å². The standard InChI is InChI=1S/C22H18N2O4S/c1-28-18-13-11-16(12-14-18)20(25)15-24-23-22(17-7-3-2-4-8-17)19-9-5-6-10-21(19)29(24,26)27/h2-14H,15H2,1H3. The number of rotatable bonds is 5. The number of hydrazone groups is 1. The molecule has 0 amide bonds. The number of carbonyl (C=O) groups is 1. The van der Waals surface area contributed by atoms with Crippen LogP contribution in [0.2, 0.25) is 0 Å². The molecule has 146 valence electrons. The van der Waals surface area contributed by atoms with E-state index in [1.807, 2.05) is 30.3 Å². The Morgan fingerprint density at radius 1 is 0.931 bits per heavy atom. The second-order valence-electron chi connectivity index (χ2n) is 6.45. The number of nitrogens with zero attached hydrogens (tertiary/aromatic N) is 2. The monoisotopic (exact) mass is 406 g/mol. The van der Waals surface area contributed by atoms with Gasteiger partial charge in [-0.3, -0.25) is 4.79 Å². The van der Waals surface area contributed by atoms with E-state index >= 15 is 0 Å². The largest absolute Gasteiger partial charge is 0.497 e. The highest BCUT2D eigenvalue weighted by Gasteiger charge is 2.34. The van der Waals surface area contributed by atoms with E-state index in [0.717, 1.165) is 9.98 Å². The Labute approximate surface area is 169 Å². The number of ether oxygens (including phenoxy) is 1. The maximum atomic E-state index is 13.1. The minimum Gasteiger partial charge on any atom is -0.497 e. The SMILES string of the molecule is COc1ccc(C(=O)CN2N=C(c3ccccc3)c3ccccc3S2(=O)=O)cc1. The van der Waals surface area contributed by atoms with Crippen LogP contribution in [0.15, 0.2) is 88.9 Å². The van der Waals surface area contributed by atoms with Crippen molar-refractivity contribution >= 4 is 21.5 Å². The highest BCUT2D eigenvalue weighted by molar-refractivity contribution is 7.89. The fraction of sp³-hybridized carbons (Fsp3) is 0.0909. The average molecular weight is 406 g/mol. The molecule has 0 saturated heterocycles. The lowest BCUT2D eigenvalue weighted by atomic mass is 10.0. The van der Waals surface area contributed by atoms with E-state index < -0.39 is 10.0 Å². The molecule has 0 aliphatic carbocycles. The molecule has 0 N–H and O–H groups in total. The highest BCUT2D eigenvalue weighted by Crippen LogP contribution is 2.29. The molecule has 0 saturated carbocycles. The Morgan fingerprint density at radius 2 is 1.59 bits per heavy atom. The van der Waals surface area contributed by atoms with Crippen molar-refractivity contribution < 1.29 is 17.9 Å². The Morgan fingerprint density at radius 3 is 2.28 bits per heavy atom. The van der Waals surface area contributed by atoms with Crippen LogP contribution in [0.5, 0.6) is 5.75 Å². The molecule has 1 aliphatic heterocycles. The molecule has 3 aromatic carbocycles. The molecule has 7 heteroatoms. The Kier molecular flexibility index (Phi) is 4.90. The third-order valence-corrected chi connectivity index (χ3v) is 6.32. The van der Waals surface area contributed by atoms with E-state index in [9.17, 15) is 13.2 Å². The van der Waals surface area contributed by atoms with Crippen molar-refractivity contribution in [3.05, 3.63) is 95.6 Å². The molecular weight excluding hydrogens is 388 g/mol. The van der Waals surface area contributed by atoms with Crippen LogP contribution in [0.25, 0.3) is 0 Å². The first kappa shape index (κ1) is 18.9. The van der Waals surface area contributed by atoms with Crippen LogP contribution >= 0.6 is 0 Å². The van der Waals surface area contributed by atoms with Crippen molar-refractivity contribution in [1.29, 1.82) is 0 Å². The predicted octanol–water partition coefficient (Wildman–Crippen LogP) is 3.33. The summed E-state index contributed by atoms with van der Waals surface area (Å²) in [5.74, 6) is 0.261. The normalized spacial score (nSPS) is 14.7. The van der Waals surface area contributed by atoms with E-state index in [1.54, 1.807) is 42.5 Å². The zero-order valence-electron chi connectivity index (χ0n) is 15.6. The molecule has 0 unspecified atom stereocenters. The minimum absolute atomic E-state index is 0.136. The fourth-order valence-corrected chi connectivity index (χ4v) is 4.54. The molecule has 3 aromatic rings. The lowest BCUT2D eigenvalue weighted by Crippen LogP contribution is -2.36. The Hall–Kier alpha value is -3.45. The first-order valence-corrected chi connectivity index (χ1v) is 10.4. The quantitative estimate of drug-likeness (QED) is 0.609. The number of hydrogen-bond donors (Lipinski definition) is 0. The zero-order chi connectivity index (χ0) is 20.4. The minimum atomic E-state index is -3.94. The number of sulfonamides is 1. The molecule has 0 fully saturated rings. The lowest BCUT2D eigenvalue weighted by Gasteiger charge is -2.26. The van der Waals surface area contributed by atoms with Gasteiger partial charge in [0.25, 0.3) is 10.0 Å². The van der Waals surface area contributed by atoms with Crippen LogP contribution in [0, 0.1) is 0 Å². The van der Waals surface area contributed by atoms with Crippen molar-refractivity contribution in [2.45, 2.75) is 4.90 Å². The van der Waals surface area contributed by atoms with Gasteiger partial charge in [-0.15, -0.1) is 0 Å². The maximum absolute atomic E-state index is 13.1. The van der Waals surface area contributed by atoms with Gasteiger partial charge in [-0.1, -0.05) is 48.5 Å².